The van der Waals surface area contributed by atoms with Crippen molar-refractivity contribution in [3.05, 3.63) is 0 Å². The average Bonchev–Trinajstić information content (AvgIpc) is 2.27. The molecule has 0 aromatic rings. The van der Waals surface area contributed by atoms with Crippen LogP contribution in [0.2, 0.25) is 0 Å². The summed E-state index contributed by atoms with van der Waals surface area (Å²) in [7, 11) is 0. The minimum atomic E-state index is -0.291. The van der Waals surface area contributed by atoms with Gasteiger partial charge in [0.15, 0.2) is 0 Å². The molecule has 0 bridgehead atoms. The van der Waals surface area contributed by atoms with Crippen LogP contribution in [0.3, 0.4) is 0 Å². The Kier molecular flexibility index (Phi) is 4.58. The van der Waals surface area contributed by atoms with Gasteiger partial charge in [-0.25, -0.2) is 0 Å². The van der Waals surface area contributed by atoms with Gasteiger partial charge in [-0.1, -0.05) is 20.8 Å². The van der Waals surface area contributed by atoms with Crippen LogP contribution >= 0.6 is 0 Å². The molecule has 0 unspecified atom stereocenters. The van der Waals surface area contributed by atoms with E-state index in [1.165, 1.54) is 0 Å². The third-order valence-corrected chi connectivity index (χ3v) is 3.55. The number of piperidine rings is 1. The van der Waals surface area contributed by atoms with E-state index in [0.29, 0.717) is 0 Å². The number of rotatable bonds is 3. The predicted octanol–water partition coefficient (Wildman–Crippen LogP) is 1.62. The first-order chi connectivity index (χ1) is 7.06. The minimum absolute atomic E-state index is 0.139. The summed E-state index contributed by atoms with van der Waals surface area (Å²) in [5.74, 6) is 1.66. The van der Waals surface area contributed by atoms with Crippen LogP contribution in [0.15, 0.2) is 0 Å². The Balaban J connectivity index is 2.40. The van der Waals surface area contributed by atoms with E-state index in [-0.39, 0.29) is 11.9 Å². The van der Waals surface area contributed by atoms with Gasteiger partial charge in [-0.05, 0) is 31.1 Å². The lowest BCUT2D eigenvalue weighted by Gasteiger charge is -2.35. The molecule has 15 heavy (non-hydrogen) atoms. The second-order valence-electron chi connectivity index (χ2n) is 4.92. The normalized spacial score (nSPS) is 20.7. The van der Waals surface area contributed by atoms with Gasteiger partial charge in [0.25, 0.3) is 0 Å². The van der Waals surface area contributed by atoms with Gasteiger partial charge in [-0.3, -0.25) is 4.79 Å². The van der Waals surface area contributed by atoms with Crippen molar-refractivity contribution in [3.63, 3.8) is 0 Å². The van der Waals surface area contributed by atoms with E-state index in [2.05, 4.69) is 13.8 Å². The van der Waals surface area contributed by atoms with Crippen molar-refractivity contribution in [1.29, 1.82) is 0 Å². The van der Waals surface area contributed by atoms with Crippen molar-refractivity contribution in [1.82, 2.24) is 4.90 Å². The number of carbonyl (C=O) groups excluding carboxylic acids is 1. The molecule has 1 rings (SSSR count). The fraction of sp³-hybridized carbons (Fsp3) is 0.917. The Morgan fingerprint density at radius 3 is 2.33 bits per heavy atom. The molecule has 3 nitrogen and oxygen atoms in total. The molecule has 1 heterocycles. The lowest BCUT2D eigenvalue weighted by molar-refractivity contribution is -0.134. The van der Waals surface area contributed by atoms with E-state index in [9.17, 15) is 4.79 Å². The van der Waals surface area contributed by atoms with Crippen molar-refractivity contribution in [2.45, 2.75) is 46.1 Å². The van der Waals surface area contributed by atoms with Crippen LogP contribution in [0.5, 0.6) is 0 Å². The van der Waals surface area contributed by atoms with Gasteiger partial charge >= 0.3 is 0 Å². The van der Waals surface area contributed by atoms with Crippen molar-refractivity contribution in [2.24, 2.45) is 17.6 Å². The number of likely N-dealkylation sites (tertiary alicyclic amines) is 1. The number of carbonyl (C=O) groups is 1. The SMILES string of the molecule is CC[C@@H](N)C(=O)N1CCC(C(C)C)CC1. The minimum Gasteiger partial charge on any atom is -0.341 e. The number of nitrogens with two attached hydrogens (primary N) is 1. The molecule has 1 aliphatic heterocycles. The summed E-state index contributed by atoms with van der Waals surface area (Å²) < 4.78 is 0. The maximum absolute atomic E-state index is 11.8. The molecule has 3 heteroatoms. The maximum Gasteiger partial charge on any atom is 0.239 e. The molecule has 1 fully saturated rings. The van der Waals surface area contributed by atoms with E-state index in [4.69, 9.17) is 5.73 Å². The molecule has 0 radical (unpaired) electrons. The zero-order valence-electron chi connectivity index (χ0n) is 10.2. The van der Waals surface area contributed by atoms with Crippen molar-refractivity contribution in [3.8, 4) is 0 Å². The molecule has 0 spiro atoms. The zero-order chi connectivity index (χ0) is 11.4. The van der Waals surface area contributed by atoms with Crippen LogP contribution in [0.1, 0.15) is 40.0 Å². The van der Waals surface area contributed by atoms with E-state index >= 15 is 0 Å². The largest absolute Gasteiger partial charge is 0.341 e. The van der Waals surface area contributed by atoms with Crippen LogP contribution < -0.4 is 5.73 Å². The Morgan fingerprint density at radius 1 is 1.40 bits per heavy atom. The van der Waals surface area contributed by atoms with Crippen molar-refractivity contribution >= 4 is 5.91 Å². The zero-order valence-corrected chi connectivity index (χ0v) is 10.2. The third-order valence-electron chi connectivity index (χ3n) is 3.55. The van der Waals surface area contributed by atoms with Crippen LogP contribution in [0.25, 0.3) is 0 Å². The van der Waals surface area contributed by atoms with E-state index in [0.717, 1.165) is 44.2 Å². The molecular weight excluding hydrogens is 188 g/mol. The Morgan fingerprint density at radius 2 is 1.93 bits per heavy atom. The molecule has 1 amide bonds. The number of nitrogens with zero attached hydrogens (tertiary/aromatic N) is 1. The van der Waals surface area contributed by atoms with Gasteiger partial charge in [0, 0.05) is 13.1 Å². The molecule has 1 aliphatic rings. The third kappa shape index (κ3) is 3.20. The number of hydrogen-bond acceptors (Lipinski definition) is 2. The quantitative estimate of drug-likeness (QED) is 0.772. The van der Waals surface area contributed by atoms with Crippen LogP contribution in [0.4, 0.5) is 0 Å². The number of hydrogen-bond donors (Lipinski definition) is 1. The second-order valence-corrected chi connectivity index (χ2v) is 4.92. The first-order valence-electron chi connectivity index (χ1n) is 6.10. The molecule has 0 aromatic carbocycles. The molecule has 1 atom stereocenters. The fourth-order valence-corrected chi connectivity index (χ4v) is 2.20. The second kappa shape index (κ2) is 5.50. The van der Waals surface area contributed by atoms with Gasteiger partial charge in [-0.2, -0.15) is 0 Å². The molecule has 0 aromatic heterocycles. The average molecular weight is 212 g/mol. The topological polar surface area (TPSA) is 46.3 Å². The Bertz CT molecular complexity index is 208. The Hall–Kier alpha value is -0.570. The van der Waals surface area contributed by atoms with Gasteiger partial charge in [0.1, 0.15) is 0 Å². The summed E-state index contributed by atoms with van der Waals surface area (Å²) in [6, 6.07) is -0.291. The highest BCUT2D eigenvalue weighted by molar-refractivity contribution is 5.81. The lowest BCUT2D eigenvalue weighted by atomic mass is 9.86. The summed E-state index contributed by atoms with van der Waals surface area (Å²) >= 11 is 0. The highest BCUT2D eigenvalue weighted by Gasteiger charge is 2.26. The van der Waals surface area contributed by atoms with Crippen LogP contribution in [-0.2, 0) is 4.79 Å². The molecule has 1 saturated heterocycles. The van der Waals surface area contributed by atoms with Gasteiger partial charge < -0.3 is 10.6 Å². The molecule has 2 N–H and O–H groups in total. The monoisotopic (exact) mass is 212 g/mol. The molecular formula is C12H24N2O. The highest BCUT2D eigenvalue weighted by atomic mass is 16.2. The summed E-state index contributed by atoms with van der Waals surface area (Å²) in [6.45, 7) is 8.29. The van der Waals surface area contributed by atoms with Gasteiger partial charge in [0.2, 0.25) is 5.91 Å². The molecule has 0 saturated carbocycles. The van der Waals surface area contributed by atoms with Crippen molar-refractivity contribution in [2.75, 3.05) is 13.1 Å². The van der Waals surface area contributed by atoms with Crippen LogP contribution in [0, 0.1) is 11.8 Å². The fourth-order valence-electron chi connectivity index (χ4n) is 2.20. The molecule has 88 valence electrons. The van der Waals surface area contributed by atoms with E-state index < -0.39 is 0 Å². The summed E-state index contributed by atoms with van der Waals surface area (Å²) in [5.41, 5.74) is 5.75. The van der Waals surface area contributed by atoms with Gasteiger partial charge in [0.05, 0.1) is 6.04 Å². The predicted molar refractivity (Wildman–Crippen MR) is 62.4 cm³/mol. The first kappa shape index (κ1) is 12.5. The summed E-state index contributed by atoms with van der Waals surface area (Å²) in [5, 5.41) is 0. The van der Waals surface area contributed by atoms with E-state index in [1.54, 1.807) is 0 Å². The molecule has 0 aliphatic carbocycles. The Labute approximate surface area is 93.0 Å². The number of amides is 1. The smallest absolute Gasteiger partial charge is 0.239 e. The highest BCUT2D eigenvalue weighted by Crippen LogP contribution is 2.24. The van der Waals surface area contributed by atoms with Crippen molar-refractivity contribution < 1.29 is 4.79 Å². The van der Waals surface area contributed by atoms with Crippen LogP contribution in [-0.4, -0.2) is 29.9 Å². The standard InChI is InChI=1S/C12H24N2O/c1-4-11(13)12(15)14-7-5-10(6-8-14)9(2)3/h9-11H,4-8,13H2,1-3H3/t11-/m1/s1. The maximum atomic E-state index is 11.8. The summed E-state index contributed by atoms with van der Waals surface area (Å²) in [6.07, 6.45) is 3.02. The first-order valence-corrected chi connectivity index (χ1v) is 6.10. The summed E-state index contributed by atoms with van der Waals surface area (Å²) in [4.78, 5) is 13.7. The van der Waals surface area contributed by atoms with E-state index in [1.807, 2.05) is 11.8 Å². The lowest BCUT2D eigenvalue weighted by Crippen LogP contribution is -2.47. The van der Waals surface area contributed by atoms with Gasteiger partial charge in [-0.15, -0.1) is 0 Å².